The number of anilines is 1. The molecule has 1 aromatic heterocycles. The minimum atomic E-state index is -6.13. The number of benzene rings is 5. The number of unbranched alkanes of at least 4 members (excludes halogenated alkanes) is 6. The lowest BCUT2D eigenvalue weighted by Gasteiger charge is -2.29. The number of hydrogen-bond donors (Lipinski definition) is 8. The zero-order chi connectivity index (χ0) is 63.1. The predicted molar refractivity (Wildman–Crippen MR) is 323 cm³/mol. The second-order valence-corrected chi connectivity index (χ2v) is 24.9. The second kappa shape index (κ2) is 27.1. The Morgan fingerprint density at radius 3 is 2.19 bits per heavy atom. The molecule has 9 amide bonds. The molecule has 4 aliphatic heterocycles. The van der Waals surface area contributed by atoms with Crippen molar-refractivity contribution in [1.29, 1.82) is 0 Å². The van der Waals surface area contributed by atoms with Crippen molar-refractivity contribution in [2.24, 2.45) is 5.73 Å². The number of fused-ring (bicyclic) bond motifs is 2. The first-order valence-electron chi connectivity index (χ1n) is 29.1. The Kier molecular flexibility index (Phi) is 19.1. The van der Waals surface area contributed by atoms with Gasteiger partial charge in [0.1, 0.15) is 30.8 Å². The highest BCUT2D eigenvalue weighted by atomic mass is 32.1. The largest absolute Gasteiger partial charge is 0.447 e. The molecule has 462 valence electrons. The minimum absolute atomic E-state index is 0.00588. The van der Waals surface area contributed by atoms with Crippen molar-refractivity contribution in [2.45, 2.75) is 119 Å². The van der Waals surface area contributed by atoms with Crippen LogP contribution in [0.3, 0.4) is 0 Å². The van der Waals surface area contributed by atoms with Gasteiger partial charge in [-0.3, -0.25) is 53.1 Å². The SMILES string of the molecule is NC(=O)OC[C@H](NC(=O)[C@@H]1Cc2cccc3c2N1C(=O)[C@@H](NC(=O)c1cc2cc(C(F)(F)P(=O)(O)O)cc(C(=O)NCCCCCCCCC#Cc4cccc5c4CN(C4CCC(=O)NC4=O)C5=O)c2s1)CC3)C(=O)NC(c1ccccc1)c1ccccc1. The van der Waals surface area contributed by atoms with Gasteiger partial charge in [0, 0.05) is 53.7 Å². The number of ether oxygens (including phenoxy) is 1. The third-order valence-corrected chi connectivity index (χ3v) is 18.4. The van der Waals surface area contributed by atoms with Crippen LogP contribution in [0.5, 0.6) is 0 Å². The average Bonchev–Trinajstić information content (AvgIpc) is 2.06. The Morgan fingerprint density at radius 2 is 1.49 bits per heavy atom. The van der Waals surface area contributed by atoms with Gasteiger partial charge in [0.2, 0.25) is 29.5 Å². The minimum Gasteiger partial charge on any atom is -0.447 e. The van der Waals surface area contributed by atoms with Crippen LogP contribution in [-0.4, -0.2) is 105 Å². The van der Waals surface area contributed by atoms with Crippen LogP contribution in [0.15, 0.2) is 115 Å². The van der Waals surface area contributed by atoms with Crippen molar-refractivity contribution < 1.29 is 71.0 Å². The molecular weight excluding hydrogens is 1190 g/mol. The number of hydrogen-bond acceptors (Lipinski definition) is 12. The number of rotatable bonds is 22. The van der Waals surface area contributed by atoms with Gasteiger partial charge in [-0.2, -0.15) is 8.78 Å². The summed E-state index contributed by atoms with van der Waals surface area (Å²) in [6.45, 7) is -0.320. The van der Waals surface area contributed by atoms with Crippen LogP contribution in [0.25, 0.3) is 10.1 Å². The van der Waals surface area contributed by atoms with Crippen molar-refractivity contribution >= 4 is 88.1 Å². The molecule has 1 unspecified atom stereocenters. The topological polar surface area (TPSA) is 313 Å². The van der Waals surface area contributed by atoms with Crippen LogP contribution < -0.4 is 37.2 Å². The number of alkyl halides is 2. The van der Waals surface area contributed by atoms with Crippen molar-refractivity contribution in [3.05, 3.63) is 170 Å². The molecule has 9 N–H and O–H groups in total. The van der Waals surface area contributed by atoms with Gasteiger partial charge in [-0.05, 0) is 95.6 Å². The summed E-state index contributed by atoms with van der Waals surface area (Å²) in [5, 5.41) is 13.3. The number of carbonyl (C=O) groups excluding carboxylic acids is 9. The lowest BCUT2D eigenvalue weighted by molar-refractivity contribution is -0.137. The Balaban J connectivity index is 0.768. The fraction of sp³-hybridized carbons (Fsp3) is 0.328. The van der Waals surface area contributed by atoms with Gasteiger partial charge < -0.3 is 46.4 Å². The molecular formula is C64H63F2N8O13PS. The van der Waals surface area contributed by atoms with Crippen molar-refractivity contribution in [1.82, 2.24) is 31.5 Å². The molecule has 89 heavy (non-hydrogen) atoms. The number of amides is 9. The normalized spacial score (nSPS) is 17.4. The first-order valence-corrected chi connectivity index (χ1v) is 31.5. The second-order valence-electron chi connectivity index (χ2n) is 22.2. The molecule has 1 saturated heterocycles. The zero-order valence-corrected chi connectivity index (χ0v) is 49.6. The van der Waals surface area contributed by atoms with Crippen LogP contribution in [0.2, 0.25) is 0 Å². The smallest absolute Gasteiger partial charge is 0.404 e. The zero-order valence-electron chi connectivity index (χ0n) is 47.9. The summed E-state index contributed by atoms with van der Waals surface area (Å²) in [5.74, 6) is 1.35. The lowest BCUT2D eigenvalue weighted by atomic mass is 9.98. The first-order chi connectivity index (χ1) is 42.7. The summed E-state index contributed by atoms with van der Waals surface area (Å²) in [6, 6.07) is 25.9. The first kappa shape index (κ1) is 62.9. The maximum atomic E-state index is 15.5. The fourth-order valence-electron chi connectivity index (χ4n) is 11.7. The van der Waals surface area contributed by atoms with E-state index in [1.807, 2.05) is 42.5 Å². The molecule has 5 aromatic carbocycles. The van der Waals surface area contributed by atoms with Crippen LogP contribution in [0, 0.1) is 11.8 Å². The summed E-state index contributed by atoms with van der Waals surface area (Å²) in [5.41, 5.74) is 4.21. The Labute approximate surface area is 513 Å². The summed E-state index contributed by atoms with van der Waals surface area (Å²) in [7, 11) is -6.13. The van der Waals surface area contributed by atoms with Crippen LogP contribution in [0.4, 0.5) is 19.3 Å². The molecule has 0 bridgehead atoms. The molecule has 4 atom stereocenters. The molecule has 10 rings (SSSR count). The molecule has 6 aromatic rings. The number of halogens is 2. The highest BCUT2D eigenvalue weighted by Crippen LogP contribution is 2.60. The monoisotopic (exact) mass is 1250 g/mol. The van der Waals surface area contributed by atoms with E-state index < -0.39 is 97.2 Å². The standard InChI is InChI=1S/C64H63F2N8O13PS/c65-64(66,88(84,85)86)43-31-42-33-51(89-55(42)45(34-43)56(76)68-30-14-6-4-2-1-3-5-9-17-37-22-16-25-44-46(37)35-73(61(44)81)49-28-29-52(75)71-58(49)78)60(80)69-47-27-26-40-23-15-24-41-32-50(74(54(40)41)62(47)82)59(79)70-48(36-87-63(67)83)57(77)72-53(38-18-10-7-11-19-38)39-20-12-8-13-21-39/h7-8,10-13,15-16,18-25,31,33-34,47-50,53H,1-6,14,26-30,32,35-36H2,(H2,67,83)(H,68,76)(H,69,80)(H,70,79)(H,72,77)(H,71,75,78)(H2,84,85,86)/t47-,48-,49?,50-/m0/s1. The Hall–Kier alpha value is -9.14. The molecule has 0 spiro atoms. The third-order valence-electron chi connectivity index (χ3n) is 16.2. The molecule has 4 aliphatic rings. The molecule has 0 radical (unpaired) electrons. The molecule has 0 aliphatic carbocycles. The number of thiophene rings is 1. The quantitative estimate of drug-likeness (QED) is 0.0149. The van der Waals surface area contributed by atoms with Gasteiger partial charge in [-0.1, -0.05) is 122 Å². The van der Waals surface area contributed by atoms with Crippen molar-refractivity contribution in [3.8, 4) is 11.8 Å². The van der Waals surface area contributed by atoms with Crippen LogP contribution >= 0.6 is 18.9 Å². The molecule has 5 heterocycles. The fourth-order valence-corrected chi connectivity index (χ4v) is 13.2. The van der Waals surface area contributed by atoms with E-state index in [9.17, 15) is 57.5 Å². The molecule has 0 saturated carbocycles. The summed E-state index contributed by atoms with van der Waals surface area (Å²) in [6.07, 6.45) is 4.61. The van der Waals surface area contributed by atoms with E-state index in [1.165, 1.54) is 15.9 Å². The van der Waals surface area contributed by atoms with Crippen molar-refractivity contribution in [2.75, 3.05) is 18.1 Å². The van der Waals surface area contributed by atoms with Gasteiger partial charge in [-0.25, -0.2) is 4.79 Å². The number of nitrogens with one attached hydrogen (secondary N) is 5. The van der Waals surface area contributed by atoms with Gasteiger partial charge in [0.05, 0.1) is 22.2 Å². The number of imide groups is 1. The van der Waals surface area contributed by atoms with E-state index >= 15 is 8.78 Å². The number of aryl methyl sites for hydroxylation is 1. The van der Waals surface area contributed by atoms with Crippen LogP contribution in [-0.2, 0) is 58.3 Å². The lowest BCUT2D eigenvalue weighted by Crippen LogP contribution is -2.58. The van der Waals surface area contributed by atoms with Gasteiger partial charge in [0.15, 0.2) is 0 Å². The summed E-state index contributed by atoms with van der Waals surface area (Å²) in [4.78, 5) is 143. The molecule has 25 heteroatoms. The Morgan fingerprint density at radius 1 is 0.809 bits per heavy atom. The van der Waals surface area contributed by atoms with Crippen molar-refractivity contribution in [3.63, 3.8) is 0 Å². The van der Waals surface area contributed by atoms with Crippen LogP contribution in [0.1, 0.15) is 140 Å². The van der Waals surface area contributed by atoms with E-state index in [4.69, 9.17) is 10.5 Å². The number of primary amides is 1. The molecule has 1 fully saturated rings. The Bertz CT molecular complexity index is 3870. The average molecular weight is 1250 g/mol. The number of piperidine rings is 1. The maximum absolute atomic E-state index is 15.5. The van der Waals surface area contributed by atoms with E-state index in [1.54, 1.807) is 54.6 Å². The van der Waals surface area contributed by atoms with Gasteiger partial charge in [0.25, 0.3) is 17.7 Å². The number of para-hydroxylation sites is 1. The molecule has 21 nitrogen and oxygen atoms in total. The van der Waals surface area contributed by atoms with Gasteiger partial charge >= 0.3 is 19.4 Å². The number of carbonyl (C=O) groups is 9. The third kappa shape index (κ3) is 13.9. The van der Waals surface area contributed by atoms with E-state index in [2.05, 4.69) is 38.4 Å². The highest BCUT2D eigenvalue weighted by molar-refractivity contribution is 7.52. The van der Waals surface area contributed by atoms with Gasteiger partial charge in [-0.15, -0.1) is 11.3 Å². The predicted octanol–water partition coefficient (Wildman–Crippen LogP) is 6.89. The highest BCUT2D eigenvalue weighted by Gasteiger charge is 2.51. The number of nitrogens with two attached hydrogens (primary N) is 1. The summed E-state index contributed by atoms with van der Waals surface area (Å²) < 4.78 is 48.1. The summed E-state index contributed by atoms with van der Waals surface area (Å²) >= 11 is 0.746. The number of nitrogens with zero attached hydrogens (tertiary/aromatic N) is 2. The van der Waals surface area contributed by atoms with E-state index in [0.29, 0.717) is 64.4 Å². The van der Waals surface area contributed by atoms with E-state index in [-0.39, 0.29) is 77.5 Å². The maximum Gasteiger partial charge on any atom is 0.404 e. The van der Waals surface area contributed by atoms with E-state index in [0.717, 1.165) is 48.6 Å².